The molecule has 0 aromatic carbocycles. The first kappa shape index (κ1) is 52.5. The van der Waals surface area contributed by atoms with Crippen LogP contribution in [0.4, 0.5) is 0 Å². The lowest BCUT2D eigenvalue weighted by Gasteiger charge is -2.18. The summed E-state index contributed by atoms with van der Waals surface area (Å²) in [5.41, 5.74) is 0. The van der Waals surface area contributed by atoms with Gasteiger partial charge >= 0.3 is 14.6 Å². The molecule has 0 heterocycles. The minimum absolute atomic E-state index is 0.0600. The molecule has 51 heavy (non-hydrogen) atoms. The third kappa shape index (κ3) is 45.5. The van der Waals surface area contributed by atoms with Crippen molar-refractivity contribution in [1.29, 1.82) is 0 Å². The molecule has 0 fully saturated rings. The van der Waals surface area contributed by atoms with Gasteiger partial charge < -0.3 is 28.7 Å². The lowest BCUT2D eigenvalue weighted by Crippen LogP contribution is -2.28. The molecule has 0 radical (unpaired) electrons. The Kier molecular flexibility index (Phi) is 47.0. The van der Waals surface area contributed by atoms with Crippen LogP contribution in [0.2, 0.25) is 0 Å². The average Bonchev–Trinajstić information content (AvgIpc) is 3.12. The quantitative estimate of drug-likeness (QED) is 0.0280. The maximum absolute atomic E-state index is 12.3. The van der Waals surface area contributed by atoms with Crippen molar-refractivity contribution in [3.8, 4) is 0 Å². The summed E-state index contributed by atoms with van der Waals surface area (Å²) in [4.78, 5) is 32.9. The monoisotopic (exact) mass is 746 g/mol. The van der Waals surface area contributed by atoms with Gasteiger partial charge in [-0.25, -0.2) is 0 Å². The summed E-state index contributed by atoms with van der Waals surface area (Å²) < 4.78 is 16.2. The number of unbranched alkanes of at least 4 members (excludes halogenated alkanes) is 24. The van der Waals surface area contributed by atoms with Crippen LogP contribution in [0.3, 0.4) is 0 Å². The second kappa shape index (κ2) is 45.6. The van der Waals surface area contributed by atoms with Crippen molar-refractivity contribution < 1.29 is 28.6 Å². The molecule has 0 aliphatic heterocycles. The van der Waals surface area contributed by atoms with Gasteiger partial charge in [-0.2, -0.15) is 0 Å². The molecule has 0 spiro atoms. The first-order valence-electron chi connectivity index (χ1n) is 21.9. The van der Waals surface area contributed by atoms with Gasteiger partial charge in [0.05, 0.1) is 13.2 Å². The Labute approximate surface area is 319 Å². The van der Waals surface area contributed by atoms with Gasteiger partial charge in [0.25, 0.3) is 0 Å². The van der Waals surface area contributed by atoms with Crippen LogP contribution in [-0.4, -0.2) is 66.2 Å². The fraction of sp³-hybridized carbons (Fsp3) is 0.930. The topological polar surface area (TPSA) is 88.5 Å². The normalized spacial score (nSPS) is 12.2. The molecule has 306 valence electrons. The molecule has 0 saturated carbocycles. The Morgan fingerprint density at radius 1 is 0.549 bits per heavy atom. The first-order valence-corrected chi connectivity index (χ1v) is 23.1. The Hall–Kier alpha value is -0.560. The van der Waals surface area contributed by atoms with Crippen molar-refractivity contribution >= 4 is 14.6 Å². The number of nitrogens with zero attached hydrogens (tertiary/aromatic N) is 1. The standard InChI is InChI=1S/C37H73O6P.C6H15N/c1-3-5-7-9-11-13-15-17-19-20-22-24-26-28-30-32-37(38)43-36(35-42-44(39)40)34-41-33-31-29-27-25-23-21-18-16-14-12-10-8-6-4-2;1-4-7(5-2)6-3/h17,19,36,39-40H,3-16,18,20-35H2,1-2H3;4-6H2,1-3H3/b19-17+;/t36-;/m0./s1. The van der Waals surface area contributed by atoms with E-state index in [1.54, 1.807) is 0 Å². The van der Waals surface area contributed by atoms with E-state index < -0.39 is 14.7 Å². The fourth-order valence-electron chi connectivity index (χ4n) is 6.14. The van der Waals surface area contributed by atoms with E-state index in [2.05, 4.69) is 51.7 Å². The van der Waals surface area contributed by atoms with E-state index in [4.69, 9.17) is 23.8 Å². The largest absolute Gasteiger partial charge is 0.457 e. The van der Waals surface area contributed by atoms with E-state index in [0.29, 0.717) is 13.0 Å². The molecule has 2 N–H and O–H groups in total. The molecule has 7 nitrogen and oxygen atoms in total. The Bertz CT molecular complexity index is 686. The van der Waals surface area contributed by atoms with Crippen LogP contribution in [0.1, 0.15) is 214 Å². The number of allylic oxidation sites excluding steroid dienone is 2. The maximum Gasteiger partial charge on any atom is 0.327 e. The van der Waals surface area contributed by atoms with Gasteiger partial charge in [0.15, 0.2) is 0 Å². The average molecular weight is 746 g/mol. The predicted octanol–water partition coefficient (Wildman–Crippen LogP) is 13.0. The summed E-state index contributed by atoms with van der Waals surface area (Å²) >= 11 is 0. The molecule has 0 amide bonds. The van der Waals surface area contributed by atoms with Crippen molar-refractivity contribution in [2.45, 2.75) is 221 Å². The highest BCUT2D eigenvalue weighted by molar-refractivity contribution is 7.39. The van der Waals surface area contributed by atoms with Crippen LogP contribution in [0.5, 0.6) is 0 Å². The molecule has 0 aliphatic carbocycles. The predicted molar refractivity (Wildman–Crippen MR) is 221 cm³/mol. The molecule has 1 atom stereocenters. The highest BCUT2D eigenvalue weighted by atomic mass is 31.2. The lowest BCUT2D eigenvalue weighted by atomic mass is 10.0. The zero-order valence-corrected chi connectivity index (χ0v) is 35.6. The van der Waals surface area contributed by atoms with Gasteiger partial charge in [-0.15, -0.1) is 0 Å². The van der Waals surface area contributed by atoms with Gasteiger partial charge in [0.1, 0.15) is 6.10 Å². The van der Waals surface area contributed by atoms with Gasteiger partial charge in [-0.3, -0.25) is 4.79 Å². The van der Waals surface area contributed by atoms with E-state index in [9.17, 15) is 4.79 Å². The van der Waals surface area contributed by atoms with Crippen LogP contribution < -0.4 is 0 Å². The van der Waals surface area contributed by atoms with Crippen molar-refractivity contribution in [2.75, 3.05) is 39.5 Å². The Morgan fingerprint density at radius 2 is 0.941 bits per heavy atom. The number of esters is 1. The summed E-state index contributed by atoms with van der Waals surface area (Å²) in [5.74, 6) is -0.267. The van der Waals surface area contributed by atoms with Crippen molar-refractivity contribution in [1.82, 2.24) is 4.90 Å². The molecular weight excluding hydrogens is 657 g/mol. The van der Waals surface area contributed by atoms with Crippen molar-refractivity contribution in [3.05, 3.63) is 12.2 Å². The molecule has 0 bridgehead atoms. The van der Waals surface area contributed by atoms with E-state index in [1.165, 1.54) is 154 Å². The first-order chi connectivity index (χ1) is 24.9. The van der Waals surface area contributed by atoms with E-state index >= 15 is 0 Å². The smallest absolute Gasteiger partial charge is 0.327 e. The molecule has 0 unspecified atom stereocenters. The molecule has 0 aliphatic rings. The van der Waals surface area contributed by atoms with E-state index in [1.807, 2.05) is 0 Å². The lowest BCUT2D eigenvalue weighted by molar-refractivity contribution is -0.154. The molecule has 0 saturated heterocycles. The molecular formula is C43H88NO6P. The number of carbonyl (C=O) groups is 1. The molecule has 8 heteroatoms. The third-order valence-electron chi connectivity index (χ3n) is 9.60. The maximum atomic E-state index is 12.3. The highest BCUT2D eigenvalue weighted by Gasteiger charge is 2.17. The van der Waals surface area contributed by atoms with Gasteiger partial charge in [-0.05, 0) is 58.2 Å². The molecule has 0 aromatic rings. The van der Waals surface area contributed by atoms with Crippen molar-refractivity contribution in [3.63, 3.8) is 0 Å². The number of carbonyl (C=O) groups excluding carboxylic acids is 1. The van der Waals surface area contributed by atoms with Gasteiger partial charge in [0.2, 0.25) is 0 Å². The number of ether oxygens (including phenoxy) is 2. The summed E-state index contributed by atoms with van der Waals surface area (Å²) in [6.45, 7) is 15.4. The highest BCUT2D eigenvalue weighted by Crippen LogP contribution is 2.25. The summed E-state index contributed by atoms with van der Waals surface area (Å²) in [7, 11) is -2.48. The summed E-state index contributed by atoms with van der Waals surface area (Å²) in [6.07, 6.45) is 38.7. The second-order valence-corrected chi connectivity index (χ2v) is 15.0. The number of hydrogen-bond donors (Lipinski definition) is 2. The summed E-state index contributed by atoms with van der Waals surface area (Å²) in [6, 6.07) is 0. The van der Waals surface area contributed by atoms with Gasteiger partial charge in [0, 0.05) is 13.0 Å². The second-order valence-electron chi connectivity index (χ2n) is 14.3. The SMILES string of the molecule is CCCCCCCC/C=C/CCCCCCCC(=O)O[C@@H](COCCCCCCCCCCCCCCCC)COP(O)O.CCN(CC)CC. The van der Waals surface area contributed by atoms with Crippen molar-refractivity contribution in [2.24, 2.45) is 0 Å². The zero-order valence-electron chi connectivity index (χ0n) is 34.7. The number of rotatable bonds is 39. The number of hydrogen-bond acceptors (Lipinski definition) is 7. The van der Waals surface area contributed by atoms with Crippen LogP contribution >= 0.6 is 8.60 Å². The van der Waals surface area contributed by atoms with Crippen LogP contribution in [0, 0.1) is 0 Å². The third-order valence-corrected chi connectivity index (χ3v) is 9.98. The Morgan fingerprint density at radius 3 is 1.33 bits per heavy atom. The minimum Gasteiger partial charge on any atom is -0.457 e. The summed E-state index contributed by atoms with van der Waals surface area (Å²) in [5, 5.41) is 0. The minimum atomic E-state index is -2.48. The van der Waals surface area contributed by atoms with Crippen LogP contribution in [-0.2, 0) is 18.8 Å². The van der Waals surface area contributed by atoms with Crippen LogP contribution in [0.25, 0.3) is 0 Å². The van der Waals surface area contributed by atoms with Crippen LogP contribution in [0.15, 0.2) is 12.2 Å². The molecule has 0 aromatic heterocycles. The van der Waals surface area contributed by atoms with E-state index in [-0.39, 0.29) is 19.2 Å². The molecule has 0 rings (SSSR count). The zero-order chi connectivity index (χ0) is 37.9. The van der Waals surface area contributed by atoms with E-state index in [0.717, 1.165) is 38.5 Å². The fourth-order valence-corrected chi connectivity index (χ4v) is 6.43. The Balaban J connectivity index is 0. The van der Waals surface area contributed by atoms with Gasteiger partial charge in [-0.1, -0.05) is 182 Å².